The van der Waals surface area contributed by atoms with E-state index in [9.17, 15) is 9.18 Å². The SMILES string of the molecule is COC(=O)c1cc(OC)c2nc(CN3C[C@@H]4[C@H](C3)[C@H]4c3nc(OCc4ccc(Cl)cc4F)ccc3C)n(C[C@@H]3CCO3)c2c1. The number of fused-ring (bicyclic) bond motifs is 2. The number of likely N-dealkylation sites (tertiary alicyclic amines) is 1. The summed E-state index contributed by atoms with van der Waals surface area (Å²) in [6.45, 7) is 6.15. The van der Waals surface area contributed by atoms with E-state index in [1.807, 2.05) is 18.2 Å². The van der Waals surface area contributed by atoms with Crippen LogP contribution in [0, 0.1) is 24.6 Å². The summed E-state index contributed by atoms with van der Waals surface area (Å²) >= 11 is 5.88. The van der Waals surface area contributed by atoms with Crippen molar-refractivity contribution in [1.82, 2.24) is 19.4 Å². The summed E-state index contributed by atoms with van der Waals surface area (Å²) in [6.07, 6.45) is 1.11. The number of aryl methyl sites for hydroxylation is 1. The number of hydrogen-bond donors (Lipinski definition) is 0. The van der Waals surface area contributed by atoms with Crippen LogP contribution in [0.1, 0.15) is 45.3 Å². The van der Waals surface area contributed by atoms with E-state index in [0.29, 0.717) is 58.6 Å². The Morgan fingerprint density at radius 3 is 2.59 bits per heavy atom. The molecule has 0 bridgehead atoms. The van der Waals surface area contributed by atoms with Crippen LogP contribution in [0.15, 0.2) is 42.5 Å². The average molecular weight is 621 g/mol. The summed E-state index contributed by atoms with van der Waals surface area (Å²) in [5.74, 6) is 2.52. The van der Waals surface area contributed by atoms with Gasteiger partial charge in [-0.3, -0.25) is 4.90 Å². The van der Waals surface area contributed by atoms with Crippen molar-refractivity contribution in [2.75, 3.05) is 33.9 Å². The van der Waals surface area contributed by atoms with Crippen molar-refractivity contribution in [2.24, 2.45) is 11.8 Å². The number of carbonyl (C=O) groups excluding carboxylic acids is 1. The fourth-order valence-electron chi connectivity index (χ4n) is 6.67. The maximum Gasteiger partial charge on any atom is 0.338 e. The van der Waals surface area contributed by atoms with Gasteiger partial charge in [0.25, 0.3) is 0 Å². The number of nitrogens with zero attached hydrogens (tertiary/aromatic N) is 4. The van der Waals surface area contributed by atoms with Gasteiger partial charge in [-0.1, -0.05) is 23.7 Å². The third-order valence-electron chi connectivity index (χ3n) is 9.17. The van der Waals surface area contributed by atoms with Crippen LogP contribution in [0.2, 0.25) is 5.02 Å². The van der Waals surface area contributed by atoms with Crippen molar-refractivity contribution in [1.29, 1.82) is 0 Å². The minimum absolute atomic E-state index is 0.0859. The molecule has 0 unspecified atom stereocenters. The van der Waals surface area contributed by atoms with Crippen LogP contribution >= 0.6 is 11.6 Å². The molecular formula is C33H34ClFN4O5. The molecular weight excluding hydrogens is 587 g/mol. The smallest absolute Gasteiger partial charge is 0.338 e. The highest BCUT2D eigenvalue weighted by Gasteiger charge is 2.57. The minimum atomic E-state index is -0.416. The number of ether oxygens (including phenoxy) is 4. The second-order valence-corrected chi connectivity index (χ2v) is 12.3. The summed E-state index contributed by atoms with van der Waals surface area (Å²) in [5.41, 5.74) is 4.63. The van der Waals surface area contributed by atoms with E-state index >= 15 is 0 Å². The molecule has 2 aromatic carbocycles. The Kier molecular flexibility index (Phi) is 7.68. The van der Waals surface area contributed by atoms with Crippen LogP contribution in [0.4, 0.5) is 4.39 Å². The molecule has 4 heterocycles. The number of halogens is 2. The summed E-state index contributed by atoms with van der Waals surface area (Å²) in [6, 6.07) is 12.0. The van der Waals surface area contributed by atoms with Crippen LogP contribution in [-0.4, -0.2) is 65.4 Å². The molecule has 3 fully saturated rings. The Balaban J connectivity index is 1.07. The first-order valence-corrected chi connectivity index (χ1v) is 15.2. The topological polar surface area (TPSA) is 87.9 Å². The first-order chi connectivity index (χ1) is 21.3. The zero-order valence-electron chi connectivity index (χ0n) is 24.9. The lowest BCUT2D eigenvalue weighted by Gasteiger charge is -2.28. The molecule has 0 radical (unpaired) electrons. The maximum atomic E-state index is 14.2. The molecule has 3 aliphatic rings. The number of methoxy groups -OCH3 is 2. The highest BCUT2D eigenvalue weighted by atomic mass is 35.5. The largest absolute Gasteiger partial charge is 0.494 e. The van der Waals surface area contributed by atoms with E-state index < -0.39 is 11.8 Å². The van der Waals surface area contributed by atoms with Gasteiger partial charge in [0.05, 0.1) is 50.2 Å². The number of carbonyl (C=O) groups is 1. The Bertz CT molecular complexity index is 1730. The standard InChI is InChI=1S/C33H34ClFN4O5/c1-18-4-7-29(44-17-19-5-6-21(34)12-25(19)35)37-31(18)30-23-14-38(15-24(23)30)16-28-36-32-26(39(28)13-22-8-9-43-22)10-20(33(40)42-3)11-27(32)41-2/h4-7,10-12,22-24,30H,8-9,13-17H2,1-3H3/t22-,23-,24+,30+/m0/s1. The van der Waals surface area contributed by atoms with E-state index in [1.54, 1.807) is 25.3 Å². The molecule has 4 aromatic rings. The molecule has 1 aliphatic carbocycles. The van der Waals surface area contributed by atoms with Gasteiger partial charge in [0.2, 0.25) is 5.88 Å². The van der Waals surface area contributed by atoms with E-state index in [0.717, 1.165) is 54.2 Å². The zero-order valence-corrected chi connectivity index (χ0v) is 25.6. The first kappa shape index (κ1) is 29.0. The molecule has 230 valence electrons. The Morgan fingerprint density at radius 1 is 1.11 bits per heavy atom. The zero-order chi connectivity index (χ0) is 30.5. The third-order valence-corrected chi connectivity index (χ3v) is 9.41. The molecule has 2 aliphatic heterocycles. The monoisotopic (exact) mass is 620 g/mol. The van der Waals surface area contributed by atoms with E-state index in [1.165, 1.54) is 13.2 Å². The fourth-order valence-corrected chi connectivity index (χ4v) is 6.83. The molecule has 0 spiro atoms. The van der Waals surface area contributed by atoms with Crippen LogP contribution in [0.5, 0.6) is 11.6 Å². The van der Waals surface area contributed by atoms with Gasteiger partial charge < -0.3 is 23.5 Å². The quantitative estimate of drug-likeness (QED) is 0.214. The Morgan fingerprint density at radius 2 is 1.91 bits per heavy atom. The number of esters is 1. The minimum Gasteiger partial charge on any atom is -0.494 e. The van der Waals surface area contributed by atoms with Crippen molar-refractivity contribution in [3.63, 3.8) is 0 Å². The molecule has 2 saturated heterocycles. The highest BCUT2D eigenvalue weighted by Crippen LogP contribution is 2.58. The lowest BCUT2D eigenvalue weighted by atomic mass is 10.1. The molecule has 11 heteroatoms. The van der Waals surface area contributed by atoms with Gasteiger partial charge in [0.15, 0.2) is 0 Å². The number of piperidine rings is 1. The number of hydrogen-bond acceptors (Lipinski definition) is 8. The Labute approximate surface area is 259 Å². The third kappa shape index (κ3) is 5.39. The number of pyridine rings is 1. The summed E-state index contributed by atoms with van der Waals surface area (Å²) in [4.78, 5) is 24.7. The molecule has 4 atom stereocenters. The van der Waals surface area contributed by atoms with Crippen molar-refractivity contribution in [2.45, 2.75) is 45.1 Å². The second-order valence-electron chi connectivity index (χ2n) is 11.9. The molecule has 44 heavy (non-hydrogen) atoms. The van der Waals surface area contributed by atoms with Crippen LogP contribution in [-0.2, 0) is 29.2 Å². The van der Waals surface area contributed by atoms with Crippen LogP contribution in [0.3, 0.4) is 0 Å². The van der Waals surface area contributed by atoms with Crippen molar-refractivity contribution in [3.8, 4) is 11.6 Å². The second kappa shape index (κ2) is 11.6. The van der Waals surface area contributed by atoms with Crippen molar-refractivity contribution < 1.29 is 28.1 Å². The van der Waals surface area contributed by atoms with Gasteiger partial charge in [-0.15, -0.1) is 0 Å². The molecule has 0 N–H and O–H groups in total. The van der Waals surface area contributed by atoms with Gasteiger partial charge in [-0.2, -0.15) is 0 Å². The van der Waals surface area contributed by atoms with Gasteiger partial charge in [0, 0.05) is 42.3 Å². The summed E-state index contributed by atoms with van der Waals surface area (Å²) < 4.78 is 38.7. The normalized spacial score (nSPS) is 22.5. The first-order valence-electron chi connectivity index (χ1n) is 14.9. The molecule has 9 nitrogen and oxygen atoms in total. The van der Waals surface area contributed by atoms with E-state index in [2.05, 4.69) is 16.4 Å². The average Bonchev–Trinajstić information content (AvgIpc) is 3.30. The van der Waals surface area contributed by atoms with Crippen molar-refractivity contribution in [3.05, 3.63) is 81.5 Å². The molecule has 7 rings (SSSR count). The van der Waals surface area contributed by atoms with E-state index in [4.69, 9.17) is 40.5 Å². The van der Waals surface area contributed by atoms with Gasteiger partial charge >= 0.3 is 5.97 Å². The number of imidazole rings is 1. The van der Waals surface area contributed by atoms with E-state index in [-0.39, 0.29) is 12.7 Å². The Hall–Kier alpha value is -3.73. The molecule has 0 amide bonds. The summed E-state index contributed by atoms with van der Waals surface area (Å²) in [7, 11) is 2.96. The molecule has 2 aromatic heterocycles. The number of benzene rings is 2. The lowest BCUT2D eigenvalue weighted by Crippen LogP contribution is -2.33. The van der Waals surface area contributed by atoms with Crippen LogP contribution < -0.4 is 9.47 Å². The summed E-state index contributed by atoms with van der Waals surface area (Å²) in [5, 5.41) is 0.355. The predicted molar refractivity (Wildman–Crippen MR) is 162 cm³/mol. The van der Waals surface area contributed by atoms with Gasteiger partial charge in [0.1, 0.15) is 29.5 Å². The van der Waals surface area contributed by atoms with Gasteiger partial charge in [-0.05, 0) is 55.0 Å². The van der Waals surface area contributed by atoms with Crippen molar-refractivity contribution >= 4 is 28.6 Å². The highest BCUT2D eigenvalue weighted by molar-refractivity contribution is 6.30. The fraction of sp³-hybridized carbons (Fsp3) is 0.424. The number of rotatable bonds is 10. The lowest BCUT2D eigenvalue weighted by molar-refractivity contribution is -0.0591. The predicted octanol–water partition coefficient (Wildman–Crippen LogP) is 5.54. The molecule has 1 saturated carbocycles. The van der Waals surface area contributed by atoms with Gasteiger partial charge in [-0.25, -0.2) is 19.2 Å². The maximum absolute atomic E-state index is 14.2. The number of aromatic nitrogens is 3. The van der Waals surface area contributed by atoms with Crippen LogP contribution in [0.25, 0.3) is 11.0 Å².